The summed E-state index contributed by atoms with van der Waals surface area (Å²) < 4.78 is 3.62. The molecule has 5 nitrogen and oxygen atoms in total. The lowest BCUT2D eigenvalue weighted by Gasteiger charge is -2.11. The Morgan fingerprint density at radius 1 is 1.24 bits per heavy atom. The van der Waals surface area contributed by atoms with E-state index in [1.54, 1.807) is 4.68 Å². The molecule has 0 saturated heterocycles. The summed E-state index contributed by atoms with van der Waals surface area (Å²) in [6.07, 6.45) is 3.55. The standard InChI is InChI=1S/C15H23BrN4O/c1-4-8-11-13-14(20(6-3)18-11)15(21)19(10-7-9-16)12(5-2)17-13/h4-10H2,1-3H3. The van der Waals surface area contributed by atoms with E-state index in [2.05, 4.69) is 28.0 Å². The number of nitrogens with zero attached hydrogens (tertiary/aromatic N) is 4. The fourth-order valence-electron chi connectivity index (χ4n) is 2.62. The van der Waals surface area contributed by atoms with Crippen molar-refractivity contribution in [1.82, 2.24) is 19.3 Å². The molecule has 0 fully saturated rings. The highest BCUT2D eigenvalue weighted by atomic mass is 79.9. The third-order valence-corrected chi connectivity index (χ3v) is 4.18. The van der Waals surface area contributed by atoms with Crippen LogP contribution in [0.3, 0.4) is 0 Å². The Morgan fingerprint density at radius 2 is 2.00 bits per heavy atom. The maximum absolute atomic E-state index is 12.9. The molecule has 2 heterocycles. The van der Waals surface area contributed by atoms with Crippen molar-refractivity contribution in [3.05, 3.63) is 21.9 Å². The second kappa shape index (κ2) is 7.20. The molecule has 0 spiro atoms. The van der Waals surface area contributed by atoms with E-state index in [0.717, 1.165) is 48.0 Å². The van der Waals surface area contributed by atoms with Gasteiger partial charge in [-0.05, 0) is 19.8 Å². The molecule has 0 aliphatic carbocycles. The van der Waals surface area contributed by atoms with E-state index in [1.807, 2.05) is 18.4 Å². The largest absolute Gasteiger partial charge is 0.295 e. The Hall–Kier alpha value is -1.17. The minimum Gasteiger partial charge on any atom is -0.295 e. The topological polar surface area (TPSA) is 52.7 Å². The second-order valence-electron chi connectivity index (χ2n) is 5.09. The number of fused-ring (bicyclic) bond motifs is 1. The van der Waals surface area contributed by atoms with Crippen molar-refractivity contribution in [2.45, 2.75) is 59.5 Å². The molecule has 2 aromatic rings. The molecule has 0 aliphatic rings. The van der Waals surface area contributed by atoms with Crippen molar-refractivity contribution in [2.24, 2.45) is 0 Å². The smallest absolute Gasteiger partial charge is 0.279 e. The minimum atomic E-state index is 0.0505. The summed E-state index contributed by atoms with van der Waals surface area (Å²) >= 11 is 3.43. The first-order valence-corrected chi connectivity index (χ1v) is 8.85. The van der Waals surface area contributed by atoms with Crippen molar-refractivity contribution in [3.63, 3.8) is 0 Å². The van der Waals surface area contributed by atoms with Gasteiger partial charge in [-0.25, -0.2) is 4.98 Å². The maximum atomic E-state index is 12.9. The van der Waals surface area contributed by atoms with Crippen LogP contribution in [0.15, 0.2) is 4.79 Å². The lowest BCUT2D eigenvalue weighted by molar-refractivity contribution is 0.605. The molecule has 116 valence electrons. The highest BCUT2D eigenvalue weighted by Gasteiger charge is 2.18. The molecule has 0 radical (unpaired) electrons. The lowest BCUT2D eigenvalue weighted by Crippen LogP contribution is -2.27. The molecule has 2 aromatic heterocycles. The monoisotopic (exact) mass is 354 g/mol. The molecule has 0 aromatic carbocycles. The van der Waals surface area contributed by atoms with Crippen LogP contribution in [0, 0.1) is 0 Å². The third-order valence-electron chi connectivity index (χ3n) is 3.62. The van der Waals surface area contributed by atoms with E-state index in [0.29, 0.717) is 18.6 Å². The van der Waals surface area contributed by atoms with Gasteiger partial charge in [0.05, 0.1) is 5.69 Å². The number of rotatable bonds is 7. The van der Waals surface area contributed by atoms with Crippen molar-refractivity contribution < 1.29 is 0 Å². The van der Waals surface area contributed by atoms with Crippen LogP contribution in [0.25, 0.3) is 11.0 Å². The Kier molecular flexibility index (Phi) is 5.56. The summed E-state index contributed by atoms with van der Waals surface area (Å²) in [6, 6.07) is 0. The van der Waals surface area contributed by atoms with Crippen molar-refractivity contribution in [2.75, 3.05) is 5.33 Å². The van der Waals surface area contributed by atoms with Crippen molar-refractivity contribution in [3.8, 4) is 0 Å². The number of hydrogen-bond acceptors (Lipinski definition) is 3. The first-order valence-electron chi connectivity index (χ1n) is 7.72. The van der Waals surface area contributed by atoms with Gasteiger partial charge >= 0.3 is 0 Å². The normalized spacial score (nSPS) is 11.4. The molecular weight excluding hydrogens is 332 g/mol. The average molecular weight is 355 g/mol. The molecule has 0 saturated carbocycles. The van der Waals surface area contributed by atoms with Gasteiger partial charge in [-0.2, -0.15) is 5.10 Å². The van der Waals surface area contributed by atoms with Gasteiger partial charge in [-0.3, -0.25) is 14.0 Å². The van der Waals surface area contributed by atoms with Crippen LogP contribution >= 0.6 is 15.9 Å². The van der Waals surface area contributed by atoms with Crippen LogP contribution in [0.1, 0.15) is 45.1 Å². The Bertz CT molecular complexity index is 674. The summed E-state index contributed by atoms with van der Waals surface area (Å²) in [6.45, 7) is 7.57. The molecule has 0 atom stereocenters. The summed E-state index contributed by atoms with van der Waals surface area (Å²) in [7, 11) is 0. The second-order valence-corrected chi connectivity index (χ2v) is 5.88. The number of aromatic nitrogens is 4. The predicted molar refractivity (Wildman–Crippen MR) is 89.2 cm³/mol. The zero-order valence-corrected chi connectivity index (χ0v) is 14.6. The zero-order chi connectivity index (χ0) is 15.4. The van der Waals surface area contributed by atoms with E-state index in [1.165, 1.54) is 0 Å². The van der Waals surface area contributed by atoms with Gasteiger partial charge in [0.15, 0.2) is 5.52 Å². The van der Waals surface area contributed by atoms with Crippen molar-refractivity contribution >= 4 is 27.0 Å². The fourth-order valence-corrected chi connectivity index (χ4v) is 2.87. The SMILES string of the molecule is CCCc1nn(CC)c2c(=O)n(CCCBr)c(CC)nc12. The fraction of sp³-hybridized carbons (Fsp3) is 0.667. The molecule has 0 unspecified atom stereocenters. The van der Waals surface area contributed by atoms with Crippen LogP contribution in [-0.2, 0) is 25.9 Å². The maximum Gasteiger partial charge on any atom is 0.279 e. The quantitative estimate of drug-likeness (QED) is 0.718. The molecule has 0 N–H and O–H groups in total. The van der Waals surface area contributed by atoms with Crippen LogP contribution in [0.5, 0.6) is 0 Å². The minimum absolute atomic E-state index is 0.0505. The van der Waals surface area contributed by atoms with E-state index >= 15 is 0 Å². The number of alkyl halides is 1. The van der Waals surface area contributed by atoms with Gasteiger partial charge in [0.2, 0.25) is 0 Å². The molecule has 6 heteroatoms. The Balaban J connectivity index is 2.71. The summed E-state index contributed by atoms with van der Waals surface area (Å²) in [5, 5.41) is 5.47. The van der Waals surface area contributed by atoms with E-state index < -0.39 is 0 Å². The molecule has 2 rings (SSSR count). The van der Waals surface area contributed by atoms with E-state index in [9.17, 15) is 4.79 Å². The first-order chi connectivity index (χ1) is 10.2. The lowest BCUT2D eigenvalue weighted by atomic mass is 10.2. The number of aryl methyl sites for hydroxylation is 3. The Labute approximate surface area is 133 Å². The predicted octanol–water partition coefficient (Wildman–Crippen LogP) is 2.91. The number of halogens is 1. The molecule has 0 bridgehead atoms. The summed E-state index contributed by atoms with van der Waals surface area (Å²) in [5.41, 5.74) is 2.46. The molecular formula is C15H23BrN4O. The van der Waals surface area contributed by atoms with Gasteiger partial charge in [0.1, 0.15) is 11.3 Å². The van der Waals surface area contributed by atoms with Crippen LogP contribution < -0.4 is 5.56 Å². The van der Waals surface area contributed by atoms with Crippen LogP contribution in [-0.4, -0.2) is 24.7 Å². The van der Waals surface area contributed by atoms with Gasteiger partial charge in [0.25, 0.3) is 5.56 Å². The van der Waals surface area contributed by atoms with E-state index in [-0.39, 0.29) is 5.56 Å². The van der Waals surface area contributed by atoms with E-state index in [4.69, 9.17) is 4.98 Å². The van der Waals surface area contributed by atoms with Gasteiger partial charge in [0, 0.05) is 24.8 Å². The van der Waals surface area contributed by atoms with Gasteiger partial charge in [-0.1, -0.05) is 36.2 Å². The average Bonchev–Trinajstić information content (AvgIpc) is 2.84. The van der Waals surface area contributed by atoms with Crippen LogP contribution in [0.2, 0.25) is 0 Å². The Morgan fingerprint density at radius 3 is 2.57 bits per heavy atom. The summed E-state index contributed by atoms with van der Waals surface area (Å²) in [4.78, 5) is 17.6. The zero-order valence-electron chi connectivity index (χ0n) is 13.0. The molecule has 0 aliphatic heterocycles. The third kappa shape index (κ3) is 3.05. The first kappa shape index (κ1) is 16.2. The molecule has 21 heavy (non-hydrogen) atoms. The van der Waals surface area contributed by atoms with Gasteiger partial charge < -0.3 is 0 Å². The van der Waals surface area contributed by atoms with Crippen LogP contribution in [0.4, 0.5) is 0 Å². The highest BCUT2D eigenvalue weighted by Crippen LogP contribution is 2.16. The molecule has 0 amide bonds. The van der Waals surface area contributed by atoms with Gasteiger partial charge in [-0.15, -0.1) is 0 Å². The summed E-state index contributed by atoms with van der Waals surface area (Å²) in [5.74, 6) is 0.862. The number of hydrogen-bond donors (Lipinski definition) is 0. The van der Waals surface area contributed by atoms with Crippen molar-refractivity contribution in [1.29, 1.82) is 0 Å². The highest BCUT2D eigenvalue weighted by molar-refractivity contribution is 9.09.